The third kappa shape index (κ3) is 7.06. The van der Waals surface area contributed by atoms with Gasteiger partial charge in [0.25, 0.3) is 0 Å². The number of aryl methyl sites for hydroxylation is 2. The zero-order valence-corrected chi connectivity index (χ0v) is 17.3. The second-order valence-electron chi connectivity index (χ2n) is 7.44. The number of amides is 2. The van der Waals surface area contributed by atoms with Gasteiger partial charge in [-0.25, -0.2) is 4.98 Å². The smallest absolute Gasteiger partial charge is 0.305 e. The lowest BCUT2D eigenvalue weighted by Crippen LogP contribution is -2.39. The largest absolute Gasteiger partial charge is 0.481 e. The van der Waals surface area contributed by atoms with Crippen molar-refractivity contribution in [2.75, 3.05) is 18.4 Å². The Morgan fingerprint density at radius 2 is 2.03 bits per heavy atom. The van der Waals surface area contributed by atoms with E-state index in [2.05, 4.69) is 32.0 Å². The number of nitrogens with one attached hydrogen (secondary N) is 3. The number of aliphatic carboxylic acids is 1. The third-order valence-corrected chi connectivity index (χ3v) is 4.99. The maximum atomic E-state index is 12.2. The van der Waals surface area contributed by atoms with Gasteiger partial charge in [-0.05, 0) is 49.4 Å². The molecule has 0 spiro atoms. The topological polar surface area (TPSA) is 133 Å². The molecule has 2 aromatic rings. The molecule has 0 saturated carbocycles. The van der Waals surface area contributed by atoms with Gasteiger partial charge in [0.1, 0.15) is 5.82 Å². The number of aromatic nitrogens is 2. The van der Waals surface area contributed by atoms with Crippen molar-refractivity contribution in [3.8, 4) is 0 Å². The molecule has 164 valence electrons. The lowest BCUT2D eigenvalue weighted by molar-refractivity contribution is -0.138. The van der Waals surface area contributed by atoms with E-state index in [0.29, 0.717) is 18.5 Å². The first-order valence-electron chi connectivity index (χ1n) is 10.4. The molecule has 4 N–H and O–H groups in total. The first kappa shape index (κ1) is 22.2. The SMILES string of the molecule is O=C(O)C[C@H](NC(=O)CNC(=O)CCCc1ccc2c(n1)NCCC2)c1ccccn1. The van der Waals surface area contributed by atoms with E-state index in [1.807, 2.05) is 6.07 Å². The molecule has 9 heteroatoms. The fourth-order valence-electron chi connectivity index (χ4n) is 3.44. The minimum atomic E-state index is -1.05. The number of fused-ring (bicyclic) bond motifs is 1. The normalized spacial score (nSPS) is 13.4. The highest BCUT2D eigenvalue weighted by Crippen LogP contribution is 2.20. The molecule has 0 aliphatic carbocycles. The molecular weight excluding hydrogens is 398 g/mol. The molecule has 0 fully saturated rings. The van der Waals surface area contributed by atoms with Crippen LogP contribution >= 0.6 is 0 Å². The predicted octanol–water partition coefficient (Wildman–Crippen LogP) is 1.61. The van der Waals surface area contributed by atoms with Gasteiger partial charge < -0.3 is 21.1 Å². The van der Waals surface area contributed by atoms with Crippen LogP contribution in [0.3, 0.4) is 0 Å². The summed E-state index contributed by atoms with van der Waals surface area (Å²) in [5.74, 6) is -0.814. The van der Waals surface area contributed by atoms with Gasteiger partial charge in [0.2, 0.25) is 11.8 Å². The van der Waals surface area contributed by atoms with Crippen LogP contribution in [0.2, 0.25) is 0 Å². The summed E-state index contributed by atoms with van der Waals surface area (Å²) in [6, 6.07) is 8.40. The second-order valence-corrected chi connectivity index (χ2v) is 7.44. The highest BCUT2D eigenvalue weighted by Gasteiger charge is 2.19. The Hall–Kier alpha value is -3.49. The summed E-state index contributed by atoms with van der Waals surface area (Å²) in [5.41, 5.74) is 2.62. The second kappa shape index (κ2) is 11.1. The summed E-state index contributed by atoms with van der Waals surface area (Å²) >= 11 is 0. The van der Waals surface area contributed by atoms with E-state index in [0.717, 1.165) is 30.9 Å². The number of nitrogens with zero attached hydrogens (tertiary/aromatic N) is 2. The molecule has 1 atom stereocenters. The highest BCUT2D eigenvalue weighted by molar-refractivity contribution is 5.85. The van der Waals surface area contributed by atoms with E-state index >= 15 is 0 Å². The Balaban J connectivity index is 1.40. The maximum Gasteiger partial charge on any atom is 0.305 e. The van der Waals surface area contributed by atoms with E-state index in [1.54, 1.807) is 18.2 Å². The minimum absolute atomic E-state index is 0.219. The van der Waals surface area contributed by atoms with Crippen LogP contribution in [0.1, 0.15) is 48.7 Å². The molecule has 2 aromatic heterocycles. The number of rotatable bonds is 10. The average Bonchev–Trinajstić information content (AvgIpc) is 2.77. The third-order valence-electron chi connectivity index (χ3n) is 4.99. The molecule has 3 rings (SSSR count). The lowest BCUT2D eigenvalue weighted by atomic mass is 10.1. The fourth-order valence-corrected chi connectivity index (χ4v) is 3.44. The number of hydrogen-bond donors (Lipinski definition) is 4. The van der Waals surface area contributed by atoms with Gasteiger partial charge in [0.05, 0.1) is 24.7 Å². The van der Waals surface area contributed by atoms with Gasteiger partial charge in [-0.15, -0.1) is 0 Å². The summed E-state index contributed by atoms with van der Waals surface area (Å²) in [6.07, 6.45) is 4.96. The number of carboxylic acid groups (broad SMARTS) is 1. The number of hydrogen-bond acceptors (Lipinski definition) is 6. The molecule has 0 radical (unpaired) electrons. The van der Waals surface area contributed by atoms with E-state index in [4.69, 9.17) is 5.11 Å². The van der Waals surface area contributed by atoms with Crippen LogP contribution in [0.5, 0.6) is 0 Å². The Bertz CT molecular complexity index is 919. The summed E-state index contributed by atoms with van der Waals surface area (Å²) in [5, 5.41) is 17.6. The summed E-state index contributed by atoms with van der Waals surface area (Å²) in [6.45, 7) is 0.713. The van der Waals surface area contributed by atoms with Gasteiger partial charge >= 0.3 is 5.97 Å². The minimum Gasteiger partial charge on any atom is -0.481 e. The maximum absolute atomic E-state index is 12.2. The molecule has 0 aromatic carbocycles. The van der Waals surface area contributed by atoms with Crippen molar-refractivity contribution in [1.29, 1.82) is 0 Å². The van der Waals surface area contributed by atoms with Crippen LogP contribution in [-0.2, 0) is 27.2 Å². The van der Waals surface area contributed by atoms with Crippen molar-refractivity contribution in [1.82, 2.24) is 20.6 Å². The van der Waals surface area contributed by atoms with E-state index in [1.165, 1.54) is 11.8 Å². The number of carboxylic acids is 1. The van der Waals surface area contributed by atoms with E-state index in [9.17, 15) is 14.4 Å². The predicted molar refractivity (Wildman–Crippen MR) is 114 cm³/mol. The van der Waals surface area contributed by atoms with Gasteiger partial charge in [0.15, 0.2) is 0 Å². The van der Waals surface area contributed by atoms with Crippen molar-refractivity contribution in [3.05, 3.63) is 53.5 Å². The van der Waals surface area contributed by atoms with Crippen molar-refractivity contribution in [2.45, 2.75) is 44.6 Å². The van der Waals surface area contributed by atoms with Crippen LogP contribution in [0.15, 0.2) is 36.5 Å². The number of anilines is 1. The summed E-state index contributed by atoms with van der Waals surface area (Å²) in [4.78, 5) is 44.1. The lowest BCUT2D eigenvalue weighted by Gasteiger charge is -2.17. The Kier molecular flexibility index (Phi) is 7.91. The van der Waals surface area contributed by atoms with Crippen LogP contribution in [0.4, 0.5) is 5.82 Å². The fraction of sp³-hybridized carbons (Fsp3) is 0.409. The Labute approximate surface area is 180 Å². The van der Waals surface area contributed by atoms with Crippen LogP contribution in [0.25, 0.3) is 0 Å². The van der Waals surface area contributed by atoms with Crippen molar-refractivity contribution in [2.24, 2.45) is 0 Å². The van der Waals surface area contributed by atoms with E-state index < -0.39 is 17.9 Å². The number of pyridine rings is 2. The van der Waals surface area contributed by atoms with Gasteiger partial charge in [-0.1, -0.05) is 12.1 Å². The molecule has 1 aliphatic rings. The van der Waals surface area contributed by atoms with Crippen molar-refractivity contribution in [3.63, 3.8) is 0 Å². The molecule has 9 nitrogen and oxygen atoms in total. The number of carbonyl (C=O) groups is 3. The molecular formula is C22H27N5O4. The highest BCUT2D eigenvalue weighted by atomic mass is 16.4. The van der Waals surface area contributed by atoms with Crippen LogP contribution < -0.4 is 16.0 Å². The van der Waals surface area contributed by atoms with E-state index in [-0.39, 0.29) is 25.3 Å². The Morgan fingerprint density at radius 1 is 1.16 bits per heavy atom. The van der Waals surface area contributed by atoms with Crippen LogP contribution in [0, 0.1) is 0 Å². The zero-order valence-electron chi connectivity index (χ0n) is 17.3. The van der Waals surface area contributed by atoms with Crippen LogP contribution in [-0.4, -0.2) is 45.9 Å². The monoisotopic (exact) mass is 425 g/mol. The zero-order chi connectivity index (χ0) is 22.1. The first-order chi connectivity index (χ1) is 15.0. The molecule has 31 heavy (non-hydrogen) atoms. The average molecular weight is 425 g/mol. The summed E-state index contributed by atoms with van der Waals surface area (Å²) in [7, 11) is 0. The van der Waals surface area contributed by atoms with Crippen molar-refractivity contribution >= 4 is 23.6 Å². The molecule has 0 saturated heterocycles. The van der Waals surface area contributed by atoms with Gasteiger partial charge in [-0.2, -0.15) is 0 Å². The molecule has 2 amide bonds. The molecule has 0 bridgehead atoms. The number of carbonyl (C=O) groups excluding carboxylic acids is 2. The van der Waals surface area contributed by atoms with Crippen molar-refractivity contribution < 1.29 is 19.5 Å². The molecule has 3 heterocycles. The molecule has 0 unspecified atom stereocenters. The first-order valence-corrected chi connectivity index (χ1v) is 10.4. The summed E-state index contributed by atoms with van der Waals surface area (Å²) < 4.78 is 0. The van der Waals surface area contributed by atoms with Gasteiger partial charge in [-0.3, -0.25) is 19.4 Å². The Morgan fingerprint density at radius 3 is 2.81 bits per heavy atom. The molecule has 1 aliphatic heterocycles. The quantitative estimate of drug-likeness (QED) is 0.454. The van der Waals surface area contributed by atoms with Gasteiger partial charge in [0, 0.05) is 24.9 Å². The standard InChI is InChI=1S/C22H27N5O4/c28-19(8-3-6-16-10-9-15-5-4-12-24-22(15)26-16)25-14-20(29)27-18(13-21(30)31)17-7-1-2-11-23-17/h1-2,7,9-11,18H,3-6,8,12-14H2,(H,24,26)(H,25,28)(H,27,29)(H,30,31)/t18-/m0/s1.